The van der Waals surface area contributed by atoms with Gasteiger partial charge < -0.3 is 36.8 Å². The quantitative estimate of drug-likeness (QED) is 0.115. The number of amides is 5. The Hall–Kier alpha value is -4.11. The van der Waals surface area contributed by atoms with Gasteiger partial charge in [-0.25, -0.2) is 9.78 Å². The Morgan fingerprint density at radius 1 is 0.833 bits per heavy atom. The van der Waals surface area contributed by atoms with Crippen LogP contribution in [0, 0.1) is 30.6 Å². The minimum atomic E-state index is -1.36. The average Bonchev–Trinajstić information content (AvgIpc) is 3.43. The maximum absolute atomic E-state index is 13.4. The summed E-state index contributed by atoms with van der Waals surface area (Å²) in [5, 5.41) is 36.2. The lowest BCUT2D eigenvalue weighted by Crippen LogP contribution is -2.57. The molecule has 2 aromatic heterocycles. The molecule has 5 amide bonds. The van der Waals surface area contributed by atoms with E-state index in [1.165, 1.54) is 11.3 Å². The summed E-state index contributed by atoms with van der Waals surface area (Å²) >= 11 is 1.43. The highest BCUT2D eigenvalue weighted by atomic mass is 32.1. The van der Waals surface area contributed by atoms with E-state index in [0.29, 0.717) is 12.8 Å². The summed E-state index contributed by atoms with van der Waals surface area (Å²) in [5.41, 5.74) is 1.71. The third-order valence-electron chi connectivity index (χ3n) is 7.71. The van der Waals surface area contributed by atoms with Crippen LogP contribution in [-0.2, 0) is 32.1 Å². The molecule has 14 nitrogen and oxygen atoms in total. The fourth-order valence-corrected chi connectivity index (χ4v) is 5.83. The fraction of sp³-hybridized carbons (Fsp3) is 0.606. The molecule has 0 saturated heterocycles. The number of nitrogens with one attached hydrogen (secondary N) is 5. The van der Waals surface area contributed by atoms with Gasteiger partial charge in [-0.3, -0.25) is 24.2 Å². The molecular formula is C33H51N7O7S. The van der Waals surface area contributed by atoms with Crippen molar-refractivity contribution in [3.63, 3.8) is 0 Å². The molecule has 48 heavy (non-hydrogen) atoms. The number of aliphatic hydroxyl groups is 1. The summed E-state index contributed by atoms with van der Waals surface area (Å²) in [5.74, 6) is -3.34. The molecule has 0 fully saturated rings. The third kappa shape index (κ3) is 13.9. The summed E-state index contributed by atoms with van der Waals surface area (Å²) in [6.07, 6.45) is 1.40. The number of carbonyl (C=O) groups excluding carboxylic acids is 4. The maximum Gasteiger partial charge on any atom is 0.404 e. The van der Waals surface area contributed by atoms with E-state index in [2.05, 4.69) is 36.6 Å². The second kappa shape index (κ2) is 19.6. The number of carboxylic acid groups (broad SMARTS) is 1. The molecule has 15 heteroatoms. The Morgan fingerprint density at radius 3 is 2.04 bits per heavy atom. The van der Waals surface area contributed by atoms with E-state index in [1.54, 1.807) is 38.4 Å². The van der Waals surface area contributed by atoms with Gasteiger partial charge in [0.1, 0.15) is 12.1 Å². The molecule has 6 atom stereocenters. The summed E-state index contributed by atoms with van der Waals surface area (Å²) in [7, 11) is 0. The van der Waals surface area contributed by atoms with Crippen LogP contribution in [0.4, 0.5) is 4.79 Å². The molecule has 2 heterocycles. The van der Waals surface area contributed by atoms with E-state index in [1.807, 2.05) is 40.0 Å². The van der Waals surface area contributed by atoms with Gasteiger partial charge >= 0.3 is 6.09 Å². The van der Waals surface area contributed by atoms with Crippen LogP contribution in [0.15, 0.2) is 29.9 Å². The van der Waals surface area contributed by atoms with Gasteiger partial charge in [0, 0.05) is 48.3 Å². The molecule has 0 aliphatic carbocycles. The first-order chi connectivity index (χ1) is 22.6. The highest BCUT2D eigenvalue weighted by Gasteiger charge is 2.32. The van der Waals surface area contributed by atoms with Crippen LogP contribution in [0.3, 0.4) is 0 Å². The zero-order valence-corrected chi connectivity index (χ0v) is 29.6. The van der Waals surface area contributed by atoms with Gasteiger partial charge in [-0.05, 0) is 49.3 Å². The molecule has 0 radical (unpaired) electrons. The molecule has 0 aromatic carbocycles. The lowest BCUT2D eigenvalue weighted by molar-refractivity contribution is -0.133. The van der Waals surface area contributed by atoms with Gasteiger partial charge in [0.2, 0.25) is 23.6 Å². The van der Waals surface area contributed by atoms with E-state index >= 15 is 0 Å². The first kappa shape index (κ1) is 40.1. The second-order valence-electron chi connectivity index (χ2n) is 13.0. The number of aromatic nitrogens is 2. The fourth-order valence-electron chi connectivity index (χ4n) is 4.93. The zero-order chi connectivity index (χ0) is 36.0. The van der Waals surface area contributed by atoms with E-state index in [0.717, 1.165) is 16.3 Å². The maximum atomic E-state index is 13.4. The third-order valence-corrected chi connectivity index (χ3v) is 8.70. The smallest absolute Gasteiger partial charge is 0.404 e. The van der Waals surface area contributed by atoms with Crippen molar-refractivity contribution in [3.8, 4) is 0 Å². The van der Waals surface area contributed by atoms with Crippen LogP contribution < -0.4 is 26.6 Å². The number of rotatable bonds is 19. The molecule has 2 rings (SSSR count). The Bertz CT molecular complexity index is 1350. The molecule has 0 bridgehead atoms. The minimum Gasteiger partial charge on any atom is -0.465 e. The minimum absolute atomic E-state index is 0.0262. The van der Waals surface area contributed by atoms with Gasteiger partial charge in [-0.1, -0.05) is 41.5 Å². The lowest BCUT2D eigenvalue weighted by atomic mass is 9.91. The number of aryl methyl sites for hydroxylation is 1. The van der Waals surface area contributed by atoms with Crippen LogP contribution in [0.25, 0.3) is 0 Å². The lowest BCUT2D eigenvalue weighted by Gasteiger charge is -2.30. The number of carbonyl (C=O) groups is 5. The summed E-state index contributed by atoms with van der Waals surface area (Å²) < 4.78 is 0. The van der Waals surface area contributed by atoms with Crippen molar-refractivity contribution in [1.82, 2.24) is 36.6 Å². The van der Waals surface area contributed by atoms with Crippen molar-refractivity contribution in [1.29, 1.82) is 0 Å². The van der Waals surface area contributed by atoms with Gasteiger partial charge in [0.25, 0.3) is 0 Å². The molecule has 266 valence electrons. The summed E-state index contributed by atoms with van der Waals surface area (Å²) in [6, 6.07) is 0.691. The Labute approximate surface area is 286 Å². The number of pyridine rings is 1. The van der Waals surface area contributed by atoms with E-state index in [9.17, 15) is 34.2 Å². The average molecular weight is 690 g/mol. The topological polar surface area (TPSA) is 212 Å². The Balaban J connectivity index is 2.07. The van der Waals surface area contributed by atoms with E-state index in [4.69, 9.17) is 0 Å². The molecule has 0 saturated carbocycles. The number of thiazole rings is 1. The van der Waals surface area contributed by atoms with Crippen LogP contribution in [0.2, 0.25) is 0 Å². The van der Waals surface area contributed by atoms with Gasteiger partial charge in [-0.15, -0.1) is 11.3 Å². The number of hydrogen-bond donors (Lipinski definition) is 7. The highest BCUT2D eigenvalue weighted by Crippen LogP contribution is 2.18. The molecule has 0 spiro atoms. The van der Waals surface area contributed by atoms with Crippen molar-refractivity contribution in [2.45, 2.75) is 98.5 Å². The van der Waals surface area contributed by atoms with Crippen molar-refractivity contribution in [2.75, 3.05) is 6.54 Å². The van der Waals surface area contributed by atoms with Gasteiger partial charge in [0.15, 0.2) is 0 Å². The number of nitrogens with zero attached hydrogens (tertiary/aromatic N) is 2. The second-order valence-corrected chi connectivity index (χ2v) is 13.9. The van der Waals surface area contributed by atoms with Gasteiger partial charge in [0.05, 0.1) is 23.7 Å². The van der Waals surface area contributed by atoms with Crippen LogP contribution >= 0.6 is 11.3 Å². The van der Waals surface area contributed by atoms with Crippen LogP contribution in [0.5, 0.6) is 0 Å². The van der Waals surface area contributed by atoms with Gasteiger partial charge in [-0.2, -0.15) is 0 Å². The van der Waals surface area contributed by atoms with Crippen molar-refractivity contribution in [2.24, 2.45) is 23.7 Å². The Kier molecular flexibility index (Phi) is 16.4. The summed E-state index contributed by atoms with van der Waals surface area (Å²) in [4.78, 5) is 72.2. The molecule has 0 aliphatic heterocycles. The Morgan fingerprint density at radius 2 is 1.48 bits per heavy atom. The van der Waals surface area contributed by atoms with Crippen molar-refractivity contribution >= 4 is 41.1 Å². The highest BCUT2D eigenvalue weighted by molar-refractivity contribution is 7.09. The van der Waals surface area contributed by atoms with E-state index in [-0.39, 0.29) is 37.3 Å². The zero-order valence-electron chi connectivity index (χ0n) is 28.8. The number of hydrogen-bond acceptors (Lipinski definition) is 9. The largest absolute Gasteiger partial charge is 0.465 e. The molecule has 0 aliphatic rings. The monoisotopic (exact) mass is 689 g/mol. The normalized spacial score (nSPS) is 15.0. The SMILES string of the molecule is Cc1csc(C[C@H](C)C(=O)N[C@@H](CNC(=O)O)C(=O)N[C@@H](CC(C)C)[C@@H](O)C[C@@H](C)C(=O)N[C@H](C(=O)NCc2ccncc2)C(C)C)n1. The molecule has 0 unspecified atom stereocenters. The summed E-state index contributed by atoms with van der Waals surface area (Å²) in [6.45, 7) is 12.5. The first-order valence-corrected chi connectivity index (χ1v) is 17.1. The van der Waals surface area contributed by atoms with E-state index < -0.39 is 59.9 Å². The number of aliphatic hydroxyl groups excluding tert-OH is 1. The first-order valence-electron chi connectivity index (χ1n) is 16.2. The molecule has 2 aromatic rings. The molecule has 7 N–H and O–H groups in total. The van der Waals surface area contributed by atoms with Crippen LogP contribution in [0.1, 0.15) is 70.6 Å². The van der Waals surface area contributed by atoms with Crippen molar-refractivity contribution < 1.29 is 34.2 Å². The predicted octanol–water partition coefficient (Wildman–Crippen LogP) is 2.15. The van der Waals surface area contributed by atoms with Crippen molar-refractivity contribution in [3.05, 3.63) is 46.2 Å². The van der Waals surface area contributed by atoms with Crippen LogP contribution in [-0.4, -0.2) is 80.7 Å². The predicted molar refractivity (Wildman–Crippen MR) is 182 cm³/mol. The standard InChI is InChI=1S/C33H51N7O7S/c1-18(2)12-24(38-31(44)25(16-36-33(46)47)39-29(42)21(6)14-27-37-22(7)17-48-27)26(41)13-20(5)30(43)40-28(19(3)4)32(45)35-15-23-8-10-34-11-9-23/h8-11,17-21,24-26,28,36,41H,12-16H2,1-7H3,(H,35,45)(H,38,44)(H,39,42)(H,40,43)(H,46,47)/t20-,21+,24+,25+,26+,28+/m1/s1. The molecular weight excluding hydrogens is 638 g/mol.